The average molecular weight is 232 g/mol. The van der Waals surface area contributed by atoms with E-state index >= 15 is 0 Å². The molecule has 0 aliphatic carbocycles. The first-order chi connectivity index (χ1) is 6.63. The van der Waals surface area contributed by atoms with Crippen molar-refractivity contribution in [1.29, 1.82) is 0 Å². The van der Waals surface area contributed by atoms with Gasteiger partial charge in [-0.25, -0.2) is 0 Å². The van der Waals surface area contributed by atoms with E-state index in [2.05, 4.69) is 19.2 Å². The van der Waals surface area contributed by atoms with Gasteiger partial charge in [0.2, 0.25) is 0 Å². The summed E-state index contributed by atoms with van der Waals surface area (Å²) in [6.45, 7) is 4.33. The molecule has 0 aliphatic heterocycles. The van der Waals surface area contributed by atoms with Crippen LogP contribution in [0.15, 0.2) is 18.2 Å². The fourth-order valence-corrected chi connectivity index (χ4v) is 1.67. The van der Waals surface area contributed by atoms with Gasteiger partial charge in [0.1, 0.15) is 0 Å². The lowest BCUT2D eigenvalue weighted by Gasteiger charge is -2.14. The maximum absolute atomic E-state index is 5.90. The Labute approximate surface area is 95.4 Å². The summed E-state index contributed by atoms with van der Waals surface area (Å²) in [6.07, 6.45) is 2.33. The summed E-state index contributed by atoms with van der Waals surface area (Å²) in [7, 11) is 0. The van der Waals surface area contributed by atoms with Gasteiger partial charge in [-0.3, -0.25) is 0 Å². The second kappa shape index (κ2) is 5.47. The summed E-state index contributed by atoms with van der Waals surface area (Å²) in [5, 5.41) is 4.56. The van der Waals surface area contributed by atoms with E-state index in [1.165, 1.54) is 6.42 Å². The SMILES string of the molecule is CCCC(C)Nc1ccc(Cl)c(Cl)c1. The van der Waals surface area contributed by atoms with Crippen molar-refractivity contribution in [3.63, 3.8) is 0 Å². The number of hydrogen-bond donors (Lipinski definition) is 1. The molecular formula is C11H15Cl2N. The largest absolute Gasteiger partial charge is 0.383 e. The third kappa shape index (κ3) is 3.39. The van der Waals surface area contributed by atoms with Crippen LogP contribution in [0.3, 0.4) is 0 Å². The van der Waals surface area contributed by atoms with Gasteiger partial charge in [0.05, 0.1) is 10.0 Å². The summed E-state index contributed by atoms with van der Waals surface area (Å²) in [5.74, 6) is 0. The van der Waals surface area contributed by atoms with Crippen molar-refractivity contribution in [1.82, 2.24) is 0 Å². The Morgan fingerprint density at radius 1 is 1.29 bits per heavy atom. The summed E-state index contributed by atoms with van der Waals surface area (Å²) >= 11 is 11.7. The molecule has 0 spiro atoms. The van der Waals surface area contributed by atoms with Gasteiger partial charge in [0, 0.05) is 11.7 Å². The predicted octanol–water partition coefficient (Wildman–Crippen LogP) is 4.59. The Morgan fingerprint density at radius 3 is 2.57 bits per heavy atom. The van der Waals surface area contributed by atoms with Crippen LogP contribution in [-0.4, -0.2) is 6.04 Å². The first-order valence-corrected chi connectivity index (χ1v) is 5.60. The van der Waals surface area contributed by atoms with Gasteiger partial charge in [-0.05, 0) is 31.5 Å². The van der Waals surface area contributed by atoms with E-state index in [1.54, 1.807) is 0 Å². The van der Waals surface area contributed by atoms with Crippen LogP contribution in [0.25, 0.3) is 0 Å². The minimum atomic E-state index is 0.470. The summed E-state index contributed by atoms with van der Waals surface area (Å²) in [6, 6.07) is 6.08. The van der Waals surface area contributed by atoms with Crippen molar-refractivity contribution in [2.24, 2.45) is 0 Å². The lowest BCUT2D eigenvalue weighted by atomic mass is 10.2. The molecule has 0 bridgehead atoms. The Kier molecular flexibility index (Phi) is 4.56. The first-order valence-electron chi connectivity index (χ1n) is 4.85. The minimum absolute atomic E-state index is 0.470. The molecule has 1 rings (SSSR count). The Bertz CT molecular complexity index is 299. The van der Waals surface area contributed by atoms with Crippen LogP contribution < -0.4 is 5.32 Å². The van der Waals surface area contributed by atoms with Crippen molar-refractivity contribution in [2.75, 3.05) is 5.32 Å². The molecule has 0 aromatic heterocycles. The number of nitrogens with one attached hydrogen (secondary N) is 1. The van der Waals surface area contributed by atoms with E-state index in [-0.39, 0.29) is 0 Å². The zero-order valence-corrected chi connectivity index (χ0v) is 9.99. The van der Waals surface area contributed by atoms with E-state index in [9.17, 15) is 0 Å². The van der Waals surface area contributed by atoms with Crippen LogP contribution in [-0.2, 0) is 0 Å². The van der Waals surface area contributed by atoms with Gasteiger partial charge in [-0.2, -0.15) is 0 Å². The van der Waals surface area contributed by atoms with Crippen LogP contribution in [0.2, 0.25) is 10.0 Å². The summed E-state index contributed by atoms with van der Waals surface area (Å²) in [4.78, 5) is 0. The Morgan fingerprint density at radius 2 is 2.00 bits per heavy atom. The monoisotopic (exact) mass is 231 g/mol. The Balaban J connectivity index is 2.63. The van der Waals surface area contributed by atoms with Gasteiger partial charge in [0.15, 0.2) is 0 Å². The van der Waals surface area contributed by atoms with Crippen molar-refractivity contribution >= 4 is 28.9 Å². The molecule has 1 aromatic rings. The number of hydrogen-bond acceptors (Lipinski definition) is 1. The molecule has 0 saturated heterocycles. The first kappa shape index (κ1) is 11.7. The molecule has 1 nitrogen and oxygen atoms in total. The lowest BCUT2D eigenvalue weighted by Crippen LogP contribution is -2.14. The van der Waals surface area contributed by atoms with Crippen LogP contribution in [0.5, 0.6) is 0 Å². The minimum Gasteiger partial charge on any atom is -0.383 e. The quantitative estimate of drug-likeness (QED) is 0.800. The normalized spacial score (nSPS) is 12.6. The zero-order valence-electron chi connectivity index (χ0n) is 8.48. The van der Waals surface area contributed by atoms with Crippen molar-refractivity contribution in [3.05, 3.63) is 28.2 Å². The average Bonchev–Trinajstić information content (AvgIpc) is 2.12. The number of rotatable bonds is 4. The molecule has 0 radical (unpaired) electrons. The highest BCUT2D eigenvalue weighted by Crippen LogP contribution is 2.25. The van der Waals surface area contributed by atoms with Crippen molar-refractivity contribution in [2.45, 2.75) is 32.7 Å². The molecular weight excluding hydrogens is 217 g/mol. The third-order valence-electron chi connectivity index (χ3n) is 2.05. The molecule has 14 heavy (non-hydrogen) atoms. The van der Waals surface area contributed by atoms with Crippen molar-refractivity contribution in [3.8, 4) is 0 Å². The molecule has 78 valence electrons. The highest BCUT2D eigenvalue weighted by atomic mass is 35.5. The molecule has 1 aromatic carbocycles. The van der Waals surface area contributed by atoms with Gasteiger partial charge >= 0.3 is 0 Å². The smallest absolute Gasteiger partial charge is 0.0612 e. The van der Waals surface area contributed by atoms with Crippen molar-refractivity contribution < 1.29 is 0 Å². The van der Waals surface area contributed by atoms with Crippen LogP contribution >= 0.6 is 23.2 Å². The molecule has 1 unspecified atom stereocenters. The van der Waals surface area contributed by atoms with Crippen LogP contribution in [0.4, 0.5) is 5.69 Å². The number of halogens is 2. The highest BCUT2D eigenvalue weighted by molar-refractivity contribution is 6.42. The molecule has 0 aliphatic rings. The molecule has 0 heterocycles. The summed E-state index contributed by atoms with van der Waals surface area (Å²) in [5.41, 5.74) is 1.03. The van der Waals surface area contributed by atoms with Gasteiger partial charge in [-0.15, -0.1) is 0 Å². The van der Waals surface area contributed by atoms with Gasteiger partial charge in [0.25, 0.3) is 0 Å². The van der Waals surface area contributed by atoms with E-state index in [0.717, 1.165) is 12.1 Å². The number of benzene rings is 1. The standard InChI is InChI=1S/C11H15Cl2N/c1-3-4-8(2)14-9-5-6-10(12)11(13)7-9/h5-8,14H,3-4H2,1-2H3. The second-order valence-electron chi connectivity index (χ2n) is 3.46. The predicted molar refractivity (Wildman–Crippen MR) is 64.5 cm³/mol. The maximum atomic E-state index is 5.90. The third-order valence-corrected chi connectivity index (χ3v) is 2.79. The summed E-state index contributed by atoms with van der Waals surface area (Å²) < 4.78 is 0. The molecule has 0 fully saturated rings. The van der Waals surface area contributed by atoms with Gasteiger partial charge in [-0.1, -0.05) is 36.5 Å². The fraction of sp³-hybridized carbons (Fsp3) is 0.455. The van der Waals surface area contributed by atoms with E-state index in [0.29, 0.717) is 16.1 Å². The van der Waals surface area contributed by atoms with E-state index in [4.69, 9.17) is 23.2 Å². The molecule has 3 heteroatoms. The fourth-order valence-electron chi connectivity index (χ4n) is 1.38. The Hall–Kier alpha value is -0.400. The van der Waals surface area contributed by atoms with Crippen LogP contribution in [0, 0.1) is 0 Å². The maximum Gasteiger partial charge on any atom is 0.0612 e. The zero-order chi connectivity index (χ0) is 10.6. The number of anilines is 1. The molecule has 0 amide bonds. The van der Waals surface area contributed by atoms with E-state index in [1.807, 2.05) is 18.2 Å². The molecule has 1 atom stereocenters. The molecule has 0 saturated carbocycles. The van der Waals surface area contributed by atoms with Gasteiger partial charge < -0.3 is 5.32 Å². The molecule has 1 N–H and O–H groups in total. The lowest BCUT2D eigenvalue weighted by molar-refractivity contribution is 0.690. The highest BCUT2D eigenvalue weighted by Gasteiger charge is 2.02. The van der Waals surface area contributed by atoms with E-state index < -0.39 is 0 Å². The second-order valence-corrected chi connectivity index (χ2v) is 4.28. The topological polar surface area (TPSA) is 12.0 Å². The van der Waals surface area contributed by atoms with Crippen LogP contribution in [0.1, 0.15) is 26.7 Å².